The molecule has 31 heavy (non-hydrogen) atoms. The van der Waals surface area contributed by atoms with Gasteiger partial charge in [-0.25, -0.2) is 9.78 Å². The summed E-state index contributed by atoms with van der Waals surface area (Å²) >= 11 is 1.45. The third-order valence-electron chi connectivity index (χ3n) is 5.63. The molecular weight excluding hydrogens is 410 g/mol. The van der Waals surface area contributed by atoms with Gasteiger partial charge in [0.15, 0.2) is 0 Å². The van der Waals surface area contributed by atoms with Crippen molar-refractivity contribution in [2.75, 3.05) is 13.1 Å². The predicted molar refractivity (Wildman–Crippen MR) is 126 cm³/mol. The Kier molecular flexibility index (Phi) is 6.94. The van der Waals surface area contributed by atoms with Crippen LogP contribution in [0.5, 0.6) is 0 Å². The molecule has 7 heteroatoms. The van der Waals surface area contributed by atoms with Crippen LogP contribution in [0.4, 0.5) is 4.79 Å². The number of thiophene rings is 1. The number of nitrogens with zero attached hydrogens (tertiary/aromatic N) is 1. The summed E-state index contributed by atoms with van der Waals surface area (Å²) in [6, 6.07) is 4.18. The first-order chi connectivity index (χ1) is 14.4. The fraction of sp³-hybridized carbons (Fsp3) is 0.625. The topological polar surface area (TPSA) is 80.3 Å². The van der Waals surface area contributed by atoms with E-state index in [1.54, 1.807) is 0 Å². The van der Waals surface area contributed by atoms with Gasteiger partial charge in [0.05, 0.1) is 4.88 Å². The van der Waals surface area contributed by atoms with Crippen molar-refractivity contribution >= 4 is 33.6 Å². The maximum Gasteiger partial charge on any atom is 0.407 e. The van der Waals surface area contributed by atoms with E-state index >= 15 is 0 Å². The van der Waals surface area contributed by atoms with Crippen LogP contribution in [0.3, 0.4) is 0 Å². The van der Waals surface area contributed by atoms with Crippen LogP contribution in [0, 0.1) is 11.3 Å². The summed E-state index contributed by atoms with van der Waals surface area (Å²) in [7, 11) is 0. The van der Waals surface area contributed by atoms with Gasteiger partial charge < -0.3 is 15.4 Å². The molecule has 2 amide bonds. The van der Waals surface area contributed by atoms with Crippen LogP contribution in [0.2, 0.25) is 0 Å². The number of amides is 2. The minimum atomic E-state index is -0.514. The minimum Gasteiger partial charge on any atom is -0.444 e. The fourth-order valence-corrected chi connectivity index (χ4v) is 4.81. The molecule has 0 saturated carbocycles. The Bertz CT molecular complexity index is 953. The van der Waals surface area contributed by atoms with Gasteiger partial charge in [-0.1, -0.05) is 20.8 Å². The Morgan fingerprint density at radius 2 is 1.84 bits per heavy atom. The van der Waals surface area contributed by atoms with Gasteiger partial charge in [0.1, 0.15) is 10.4 Å². The number of pyridine rings is 1. The lowest BCUT2D eigenvalue weighted by Crippen LogP contribution is -2.34. The molecule has 1 unspecified atom stereocenters. The second-order valence-electron chi connectivity index (χ2n) is 10.4. The largest absolute Gasteiger partial charge is 0.444 e. The van der Waals surface area contributed by atoms with Crippen molar-refractivity contribution in [3.05, 3.63) is 28.3 Å². The quantitative estimate of drug-likeness (QED) is 0.628. The number of nitrogens with one attached hydrogen (secondary N) is 2. The number of ether oxygens (including phenoxy) is 1. The van der Waals surface area contributed by atoms with Crippen molar-refractivity contribution < 1.29 is 14.3 Å². The third kappa shape index (κ3) is 6.42. The number of carbonyl (C=O) groups excluding carboxylic acids is 2. The van der Waals surface area contributed by atoms with Crippen molar-refractivity contribution in [2.24, 2.45) is 11.3 Å². The maximum absolute atomic E-state index is 12.6. The first-order valence-corrected chi connectivity index (χ1v) is 11.9. The monoisotopic (exact) mass is 445 g/mol. The Morgan fingerprint density at radius 3 is 2.52 bits per heavy atom. The summed E-state index contributed by atoms with van der Waals surface area (Å²) in [5.74, 6) is 0.570. The molecule has 6 nitrogen and oxygen atoms in total. The molecule has 0 aromatic carbocycles. The summed E-state index contributed by atoms with van der Waals surface area (Å²) in [5, 5.41) is 6.68. The second-order valence-corrected chi connectivity index (χ2v) is 11.5. The molecule has 0 spiro atoms. The van der Waals surface area contributed by atoms with Gasteiger partial charge in [-0.05, 0) is 75.5 Å². The number of carbonyl (C=O) groups is 2. The summed E-state index contributed by atoms with van der Waals surface area (Å²) in [4.78, 5) is 30.7. The smallest absolute Gasteiger partial charge is 0.407 e. The molecule has 3 rings (SSSR count). The van der Waals surface area contributed by atoms with Gasteiger partial charge >= 0.3 is 6.09 Å². The van der Waals surface area contributed by atoms with Crippen LogP contribution >= 0.6 is 11.3 Å². The first-order valence-electron chi connectivity index (χ1n) is 11.1. The van der Waals surface area contributed by atoms with Crippen LogP contribution in [-0.2, 0) is 17.6 Å². The van der Waals surface area contributed by atoms with Crippen molar-refractivity contribution in [1.82, 2.24) is 15.6 Å². The van der Waals surface area contributed by atoms with E-state index in [-0.39, 0.29) is 5.91 Å². The normalized spacial score (nSPS) is 16.6. The van der Waals surface area contributed by atoms with Crippen molar-refractivity contribution in [1.29, 1.82) is 0 Å². The zero-order valence-electron chi connectivity index (χ0n) is 19.6. The standard InChI is InChI=1S/C24H35N3O3S/c1-23(2,3)17-8-9-18-15(13-17)12-16-14-19(31-21(16)27-18)20(28)25-10-7-11-26-22(29)30-24(4,5)6/h12,14,17H,7-11,13H2,1-6H3,(H,25,28)(H,26,29). The van der Waals surface area contributed by atoms with E-state index in [0.717, 1.165) is 23.1 Å². The average molecular weight is 446 g/mol. The summed E-state index contributed by atoms with van der Waals surface area (Å²) in [6.45, 7) is 13.3. The lowest BCUT2D eigenvalue weighted by atomic mass is 9.71. The van der Waals surface area contributed by atoms with Crippen LogP contribution in [0.25, 0.3) is 10.2 Å². The zero-order valence-corrected chi connectivity index (χ0v) is 20.4. The van der Waals surface area contributed by atoms with E-state index < -0.39 is 11.7 Å². The fourth-order valence-electron chi connectivity index (χ4n) is 3.86. The second kappa shape index (κ2) is 9.15. The highest BCUT2D eigenvalue weighted by molar-refractivity contribution is 7.20. The van der Waals surface area contributed by atoms with Gasteiger partial charge in [0.25, 0.3) is 5.91 Å². The minimum absolute atomic E-state index is 0.0918. The molecular formula is C24H35N3O3S. The van der Waals surface area contributed by atoms with E-state index in [2.05, 4.69) is 37.5 Å². The molecule has 0 saturated heterocycles. The molecule has 1 aliphatic carbocycles. The number of aromatic nitrogens is 1. The van der Waals surface area contributed by atoms with Gasteiger partial charge in [0.2, 0.25) is 0 Å². The van der Waals surface area contributed by atoms with Crippen LogP contribution in [0.1, 0.15) is 75.3 Å². The number of fused-ring (bicyclic) bond motifs is 2. The van der Waals surface area contributed by atoms with Gasteiger partial charge in [-0.2, -0.15) is 0 Å². The molecule has 0 aliphatic heterocycles. The number of hydrogen-bond acceptors (Lipinski definition) is 5. The predicted octanol–water partition coefficient (Wildman–Crippen LogP) is 5.09. The molecule has 1 aliphatic rings. The molecule has 2 heterocycles. The Labute approximate surface area is 189 Å². The zero-order chi connectivity index (χ0) is 22.8. The van der Waals surface area contributed by atoms with Crippen molar-refractivity contribution in [3.8, 4) is 0 Å². The molecule has 0 radical (unpaired) electrons. The molecule has 2 N–H and O–H groups in total. The molecule has 170 valence electrons. The molecule has 0 fully saturated rings. The van der Waals surface area contributed by atoms with E-state index in [0.29, 0.717) is 35.7 Å². The van der Waals surface area contributed by atoms with Crippen LogP contribution in [-0.4, -0.2) is 35.7 Å². The number of alkyl carbamates (subject to hydrolysis) is 1. The molecule has 0 bridgehead atoms. The highest BCUT2D eigenvalue weighted by atomic mass is 32.1. The van der Waals surface area contributed by atoms with Crippen LogP contribution < -0.4 is 10.6 Å². The average Bonchev–Trinajstić information content (AvgIpc) is 3.06. The number of hydrogen-bond donors (Lipinski definition) is 2. The lowest BCUT2D eigenvalue weighted by Gasteiger charge is -2.34. The summed E-state index contributed by atoms with van der Waals surface area (Å²) in [6.07, 6.45) is 3.44. The van der Waals surface area contributed by atoms with Gasteiger partial charge in [0, 0.05) is 24.2 Å². The maximum atomic E-state index is 12.6. The van der Waals surface area contributed by atoms with Crippen molar-refractivity contribution in [2.45, 2.75) is 72.8 Å². The molecule has 1 atom stereocenters. The van der Waals surface area contributed by atoms with E-state index in [1.165, 1.54) is 29.0 Å². The Hall–Kier alpha value is -2.15. The first kappa shape index (κ1) is 23.5. The van der Waals surface area contributed by atoms with Gasteiger partial charge in [-0.15, -0.1) is 11.3 Å². The van der Waals surface area contributed by atoms with Crippen LogP contribution in [0.15, 0.2) is 12.1 Å². The number of aryl methyl sites for hydroxylation is 1. The van der Waals surface area contributed by atoms with E-state index in [1.807, 2.05) is 26.8 Å². The Balaban J connectivity index is 1.54. The summed E-state index contributed by atoms with van der Waals surface area (Å²) < 4.78 is 5.19. The molecule has 2 aromatic rings. The Morgan fingerprint density at radius 1 is 1.13 bits per heavy atom. The van der Waals surface area contributed by atoms with E-state index in [4.69, 9.17) is 9.72 Å². The van der Waals surface area contributed by atoms with Gasteiger partial charge in [-0.3, -0.25) is 4.79 Å². The van der Waals surface area contributed by atoms with Crippen molar-refractivity contribution in [3.63, 3.8) is 0 Å². The highest BCUT2D eigenvalue weighted by Gasteiger charge is 2.29. The third-order valence-corrected chi connectivity index (χ3v) is 6.67. The lowest BCUT2D eigenvalue weighted by molar-refractivity contribution is 0.0527. The van der Waals surface area contributed by atoms with E-state index in [9.17, 15) is 9.59 Å². The molecule has 2 aromatic heterocycles. The highest BCUT2D eigenvalue weighted by Crippen LogP contribution is 2.38. The summed E-state index contributed by atoms with van der Waals surface area (Å²) in [5.41, 5.74) is 2.30. The number of rotatable bonds is 5. The SMILES string of the molecule is CC(C)(C)OC(=O)NCCCNC(=O)c1cc2cc3c(nc2s1)CCC(C(C)(C)C)C3.